The summed E-state index contributed by atoms with van der Waals surface area (Å²) in [6.45, 7) is 3.00. The molecule has 2 aliphatic rings. The van der Waals surface area contributed by atoms with Crippen LogP contribution in [0.4, 0.5) is 4.39 Å². The molecule has 1 amide bonds. The maximum absolute atomic E-state index is 13.1. The molecule has 126 valence electrons. The summed E-state index contributed by atoms with van der Waals surface area (Å²) in [7, 11) is 0. The maximum Gasteiger partial charge on any atom is 0.249 e. The first-order valence-electron chi connectivity index (χ1n) is 8.42. The number of nitrogens with one attached hydrogen (secondary N) is 1. The lowest BCUT2D eigenvalue weighted by molar-refractivity contribution is -0.134. The molecule has 1 aromatic carbocycles. The third-order valence-electron chi connectivity index (χ3n) is 4.55. The minimum Gasteiger partial charge on any atom is -0.376 e. The molecule has 3 rings (SSSR count). The standard InChI is InChI=1S/C18H24FNO3/c1-12(23-11-16-3-2-10-22-16)18(21)20-17(13-4-5-13)14-6-8-15(19)9-7-14/h6-9,12-13,16-17H,2-5,10-11H2,1H3,(H,20,21)/t12-,16-,17-/m0/s1. The van der Waals surface area contributed by atoms with Crippen LogP contribution in [-0.2, 0) is 14.3 Å². The quantitative estimate of drug-likeness (QED) is 0.840. The fraction of sp³-hybridized carbons (Fsp3) is 0.611. The highest BCUT2D eigenvalue weighted by Crippen LogP contribution is 2.41. The fourth-order valence-electron chi connectivity index (χ4n) is 2.95. The van der Waals surface area contributed by atoms with Gasteiger partial charge in [0.05, 0.1) is 18.8 Å². The minimum atomic E-state index is -0.513. The van der Waals surface area contributed by atoms with E-state index in [0.717, 1.165) is 37.9 Å². The Morgan fingerprint density at radius 2 is 2.09 bits per heavy atom. The highest BCUT2D eigenvalue weighted by molar-refractivity contribution is 5.80. The predicted octanol–water partition coefficient (Wildman–Crippen LogP) is 2.98. The van der Waals surface area contributed by atoms with Crippen molar-refractivity contribution in [2.75, 3.05) is 13.2 Å². The van der Waals surface area contributed by atoms with Crippen LogP contribution >= 0.6 is 0 Å². The van der Waals surface area contributed by atoms with Gasteiger partial charge in [0.25, 0.3) is 0 Å². The number of hydrogen-bond acceptors (Lipinski definition) is 3. The summed E-state index contributed by atoms with van der Waals surface area (Å²) in [6, 6.07) is 6.31. The number of carbonyl (C=O) groups excluding carboxylic acids is 1. The molecule has 1 saturated heterocycles. The Bertz CT molecular complexity index is 524. The van der Waals surface area contributed by atoms with Crippen molar-refractivity contribution in [1.82, 2.24) is 5.32 Å². The zero-order chi connectivity index (χ0) is 16.2. The van der Waals surface area contributed by atoms with Gasteiger partial charge in [-0.05, 0) is 56.2 Å². The zero-order valence-electron chi connectivity index (χ0n) is 13.5. The molecule has 1 aromatic rings. The Labute approximate surface area is 136 Å². The van der Waals surface area contributed by atoms with E-state index >= 15 is 0 Å². The van der Waals surface area contributed by atoms with Gasteiger partial charge in [0.1, 0.15) is 11.9 Å². The minimum absolute atomic E-state index is 0.0584. The van der Waals surface area contributed by atoms with Crippen molar-refractivity contribution in [3.05, 3.63) is 35.6 Å². The van der Waals surface area contributed by atoms with Gasteiger partial charge in [-0.15, -0.1) is 0 Å². The molecule has 1 N–H and O–H groups in total. The lowest BCUT2D eigenvalue weighted by Gasteiger charge is -2.22. The van der Waals surface area contributed by atoms with Crippen LogP contribution in [0.1, 0.15) is 44.2 Å². The summed E-state index contributed by atoms with van der Waals surface area (Å²) in [5.74, 6) is 0.0573. The van der Waals surface area contributed by atoms with Gasteiger partial charge in [-0.2, -0.15) is 0 Å². The van der Waals surface area contributed by atoms with Crippen LogP contribution in [0.3, 0.4) is 0 Å². The molecule has 0 bridgehead atoms. The largest absolute Gasteiger partial charge is 0.376 e. The van der Waals surface area contributed by atoms with Gasteiger partial charge in [-0.25, -0.2) is 4.39 Å². The molecule has 4 nitrogen and oxygen atoms in total. The van der Waals surface area contributed by atoms with Crippen molar-refractivity contribution < 1.29 is 18.7 Å². The first kappa shape index (κ1) is 16.4. The third-order valence-corrected chi connectivity index (χ3v) is 4.55. The van der Waals surface area contributed by atoms with Crippen LogP contribution in [0.25, 0.3) is 0 Å². The average molecular weight is 321 g/mol. The molecule has 1 heterocycles. The number of halogens is 1. The summed E-state index contributed by atoms with van der Waals surface area (Å²) in [5, 5.41) is 3.06. The second kappa shape index (κ2) is 7.41. The van der Waals surface area contributed by atoms with Gasteiger partial charge in [-0.1, -0.05) is 12.1 Å². The topological polar surface area (TPSA) is 47.6 Å². The van der Waals surface area contributed by atoms with E-state index in [1.165, 1.54) is 12.1 Å². The molecule has 23 heavy (non-hydrogen) atoms. The van der Waals surface area contributed by atoms with Gasteiger partial charge in [0.15, 0.2) is 0 Å². The summed E-state index contributed by atoms with van der Waals surface area (Å²) in [5.41, 5.74) is 0.952. The summed E-state index contributed by atoms with van der Waals surface area (Å²) < 4.78 is 24.2. The van der Waals surface area contributed by atoms with E-state index < -0.39 is 6.10 Å². The van der Waals surface area contributed by atoms with E-state index in [9.17, 15) is 9.18 Å². The molecule has 1 saturated carbocycles. The second-order valence-corrected chi connectivity index (χ2v) is 6.49. The molecular formula is C18H24FNO3. The van der Waals surface area contributed by atoms with Crippen LogP contribution in [0.15, 0.2) is 24.3 Å². The molecular weight excluding hydrogens is 297 g/mol. The lowest BCUT2D eigenvalue weighted by Crippen LogP contribution is -2.39. The molecule has 0 radical (unpaired) electrons. The van der Waals surface area contributed by atoms with Crippen LogP contribution in [0.2, 0.25) is 0 Å². The molecule has 2 fully saturated rings. The molecule has 5 heteroatoms. The van der Waals surface area contributed by atoms with Gasteiger partial charge in [0, 0.05) is 6.61 Å². The monoisotopic (exact) mass is 321 g/mol. The summed E-state index contributed by atoms with van der Waals surface area (Å²) in [4.78, 5) is 12.4. The third kappa shape index (κ3) is 4.52. The first-order chi connectivity index (χ1) is 11.1. The predicted molar refractivity (Wildman–Crippen MR) is 84.4 cm³/mol. The van der Waals surface area contributed by atoms with Crippen molar-refractivity contribution in [3.63, 3.8) is 0 Å². The number of carbonyl (C=O) groups is 1. The van der Waals surface area contributed by atoms with Crippen molar-refractivity contribution in [3.8, 4) is 0 Å². The number of hydrogen-bond donors (Lipinski definition) is 1. The Morgan fingerprint density at radius 1 is 1.35 bits per heavy atom. The van der Waals surface area contributed by atoms with E-state index in [1.54, 1.807) is 19.1 Å². The number of rotatable bonds is 7. The molecule has 0 aromatic heterocycles. The van der Waals surface area contributed by atoms with E-state index in [4.69, 9.17) is 9.47 Å². The fourth-order valence-corrected chi connectivity index (χ4v) is 2.95. The van der Waals surface area contributed by atoms with Gasteiger partial charge >= 0.3 is 0 Å². The highest BCUT2D eigenvalue weighted by Gasteiger charge is 2.34. The summed E-state index contributed by atoms with van der Waals surface area (Å²) >= 11 is 0. The first-order valence-corrected chi connectivity index (χ1v) is 8.42. The van der Waals surface area contributed by atoms with E-state index in [0.29, 0.717) is 12.5 Å². The van der Waals surface area contributed by atoms with Crippen LogP contribution < -0.4 is 5.32 Å². The normalized spacial score (nSPS) is 23.5. The van der Waals surface area contributed by atoms with Crippen molar-refractivity contribution in [1.29, 1.82) is 0 Å². The maximum atomic E-state index is 13.1. The van der Waals surface area contributed by atoms with Gasteiger partial charge in [0.2, 0.25) is 5.91 Å². The summed E-state index contributed by atoms with van der Waals surface area (Å²) in [6.07, 6.45) is 3.83. The van der Waals surface area contributed by atoms with E-state index in [-0.39, 0.29) is 23.9 Å². The van der Waals surface area contributed by atoms with Crippen LogP contribution in [0, 0.1) is 11.7 Å². The van der Waals surface area contributed by atoms with Crippen molar-refractivity contribution in [2.45, 2.75) is 50.9 Å². The van der Waals surface area contributed by atoms with Crippen LogP contribution in [-0.4, -0.2) is 31.3 Å². The molecule has 1 aliphatic heterocycles. The Morgan fingerprint density at radius 3 is 2.70 bits per heavy atom. The second-order valence-electron chi connectivity index (χ2n) is 6.49. The lowest BCUT2D eigenvalue weighted by atomic mass is 10.0. The Kier molecular flexibility index (Phi) is 5.28. The zero-order valence-corrected chi connectivity index (χ0v) is 13.5. The molecule has 0 unspecified atom stereocenters. The Hall–Kier alpha value is -1.46. The molecule has 3 atom stereocenters. The Balaban J connectivity index is 1.54. The number of amides is 1. The number of ether oxygens (including phenoxy) is 2. The molecule has 1 aliphatic carbocycles. The van der Waals surface area contributed by atoms with Crippen LogP contribution in [0.5, 0.6) is 0 Å². The van der Waals surface area contributed by atoms with E-state index in [2.05, 4.69) is 5.32 Å². The average Bonchev–Trinajstić information content (AvgIpc) is 3.26. The van der Waals surface area contributed by atoms with E-state index in [1.807, 2.05) is 0 Å². The highest BCUT2D eigenvalue weighted by atomic mass is 19.1. The smallest absolute Gasteiger partial charge is 0.249 e. The van der Waals surface area contributed by atoms with Gasteiger partial charge < -0.3 is 14.8 Å². The van der Waals surface area contributed by atoms with Gasteiger partial charge in [-0.3, -0.25) is 4.79 Å². The SMILES string of the molecule is C[C@H](OC[C@@H]1CCCO1)C(=O)N[C@H](c1ccc(F)cc1)C1CC1. The molecule has 0 spiro atoms. The van der Waals surface area contributed by atoms with Crippen molar-refractivity contribution >= 4 is 5.91 Å². The number of benzene rings is 1. The van der Waals surface area contributed by atoms with Crippen molar-refractivity contribution in [2.24, 2.45) is 5.92 Å².